The van der Waals surface area contributed by atoms with E-state index >= 15 is 0 Å². The molecule has 1 heterocycles. The molecular weight excluding hydrogens is 539 g/mol. The Hall–Kier alpha value is -0.620. The summed E-state index contributed by atoms with van der Waals surface area (Å²) in [7, 11) is -2.98. The van der Waals surface area contributed by atoms with Gasteiger partial charge in [0.2, 0.25) is 0 Å². The van der Waals surface area contributed by atoms with Crippen LogP contribution in [0.5, 0.6) is 0 Å². The van der Waals surface area contributed by atoms with Crippen molar-refractivity contribution >= 4 is 51.4 Å². The fraction of sp³-hybridized carbons (Fsp3) is 0.650. The Kier molecular flexibility index (Phi) is 12.5. The third kappa shape index (κ3) is 10.1. The van der Waals surface area contributed by atoms with Gasteiger partial charge in [-0.25, -0.2) is 8.42 Å². The zero-order valence-corrected chi connectivity index (χ0v) is 21.8. The molecule has 1 aliphatic rings. The summed E-state index contributed by atoms with van der Waals surface area (Å²) < 4.78 is 28.3. The number of nitrogens with zero attached hydrogens (tertiary/aromatic N) is 2. The highest BCUT2D eigenvalue weighted by molar-refractivity contribution is 14.0. The van der Waals surface area contributed by atoms with E-state index in [1.165, 1.54) is 11.8 Å². The summed E-state index contributed by atoms with van der Waals surface area (Å²) in [5, 5.41) is 7.29. The summed E-state index contributed by atoms with van der Waals surface area (Å²) >= 11 is 6.07. The number of aliphatic imine (C=N–C) groups is 1. The lowest BCUT2D eigenvalue weighted by Crippen LogP contribution is -2.44. The lowest BCUT2D eigenvalue weighted by molar-refractivity contribution is 0.0179. The predicted octanol–water partition coefficient (Wildman–Crippen LogP) is 2.71. The van der Waals surface area contributed by atoms with Gasteiger partial charge < -0.3 is 15.4 Å². The van der Waals surface area contributed by atoms with E-state index in [0.29, 0.717) is 37.2 Å². The standard InChI is InChI=1S/C20H33ClN4O3S.HI/c1-4-22-20(24-16(2)9-14-29(3,26)27)23-15-19(25-10-12-28-13-11-25)17-5-7-18(21)8-6-17;/h5-8,16,19H,4,9-15H2,1-3H3,(H2,22,23,24);1H. The SMILES string of the molecule is CCNC(=NCC(c1ccc(Cl)cc1)N1CCOCC1)NC(C)CCS(C)(=O)=O.I. The molecule has 2 atom stereocenters. The molecular formula is C20H34ClIN4O3S. The van der Waals surface area contributed by atoms with Gasteiger partial charge in [0.1, 0.15) is 9.84 Å². The molecule has 0 radical (unpaired) electrons. The van der Waals surface area contributed by atoms with Gasteiger partial charge in [0.25, 0.3) is 0 Å². The molecule has 1 aliphatic heterocycles. The monoisotopic (exact) mass is 572 g/mol. The van der Waals surface area contributed by atoms with Crippen molar-refractivity contribution < 1.29 is 13.2 Å². The lowest BCUT2D eigenvalue weighted by atomic mass is 10.0. The van der Waals surface area contributed by atoms with Crippen LogP contribution in [0, 0.1) is 0 Å². The third-order valence-corrected chi connectivity index (χ3v) is 6.04. The van der Waals surface area contributed by atoms with Crippen molar-refractivity contribution in [2.24, 2.45) is 4.99 Å². The van der Waals surface area contributed by atoms with Crippen LogP contribution in [-0.4, -0.2) is 76.7 Å². The van der Waals surface area contributed by atoms with Gasteiger partial charge in [-0.2, -0.15) is 0 Å². The molecule has 30 heavy (non-hydrogen) atoms. The van der Waals surface area contributed by atoms with Crippen molar-refractivity contribution in [3.63, 3.8) is 0 Å². The van der Waals surface area contributed by atoms with Crippen molar-refractivity contribution in [1.29, 1.82) is 0 Å². The van der Waals surface area contributed by atoms with Gasteiger partial charge >= 0.3 is 0 Å². The number of benzene rings is 1. The Bertz CT molecular complexity index is 756. The Morgan fingerprint density at radius 1 is 1.27 bits per heavy atom. The van der Waals surface area contributed by atoms with Crippen molar-refractivity contribution in [3.8, 4) is 0 Å². The third-order valence-electron chi connectivity index (χ3n) is 4.81. The molecule has 0 saturated carbocycles. The summed E-state index contributed by atoms with van der Waals surface area (Å²) in [6, 6.07) is 8.04. The Morgan fingerprint density at radius 2 is 1.90 bits per heavy atom. The zero-order valence-electron chi connectivity index (χ0n) is 17.9. The molecule has 172 valence electrons. The van der Waals surface area contributed by atoms with E-state index in [1.807, 2.05) is 38.1 Å². The second-order valence-corrected chi connectivity index (χ2v) is 10.1. The minimum atomic E-state index is -2.98. The second-order valence-electron chi connectivity index (χ2n) is 7.40. The van der Waals surface area contributed by atoms with Crippen LogP contribution in [0.4, 0.5) is 0 Å². The van der Waals surface area contributed by atoms with Crippen LogP contribution in [0.25, 0.3) is 0 Å². The van der Waals surface area contributed by atoms with Crippen LogP contribution < -0.4 is 10.6 Å². The molecule has 1 saturated heterocycles. The van der Waals surface area contributed by atoms with Crippen LogP contribution in [0.2, 0.25) is 5.02 Å². The minimum absolute atomic E-state index is 0. The summed E-state index contributed by atoms with van der Waals surface area (Å²) in [4.78, 5) is 7.18. The maximum absolute atomic E-state index is 11.4. The van der Waals surface area contributed by atoms with E-state index in [9.17, 15) is 8.42 Å². The first-order valence-electron chi connectivity index (χ1n) is 10.1. The Labute approximate surface area is 202 Å². The number of morpholine rings is 1. The largest absolute Gasteiger partial charge is 0.379 e. The molecule has 0 aliphatic carbocycles. The van der Waals surface area contributed by atoms with Gasteiger partial charge in [0.05, 0.1) is 31.6 Å². The highest BCUT2D eigenvalue weighted by atomic mass is 127. The van der Waals surface area contributed by atoms with Gasteiger partial charge in [-0.05, 0) is 38.0 Å². The molecule has 1 aromatic rings. The Morgan fingerprint density at radius 3 is 2.47 bits per heavy atom. The molecule has 0 spiro atoms. The van der Waals surface area contributed by atoms with Gasteiger partial charge in [-0.15, -0.1) is 24.0 Å². The highest BCUT2D eigenvalue weighted by Crippen LogP contribution is 2.24. The number of hydrogen-bond acceptors (Lipinski definition) is 5. The predicted molar refractivity (Wildman–Crippen MR) is 135 cm³/mol. The van der Waals surface area contributed by atoms with Crippen LogP contribution in [0.3, 0.4) is 0 Å². The number of hydrogen-bond donors (Lipinski definition) is 2. The van der Waals surface area contributed by atoms with E-state index < -0.39 is 9.84 Å². The molecule has 1 aromatic carbocycles. The first-order chi connectivity index (χ1) is 13.8. The number of halogens is 2. The first-order valence-corrected chi connectivity index (χ1v) is 12.5. The van der Waals surface area contributed by atoms with Crippen molar-refractivity contribution in [1.82, 2.24) is 15.5 Å². The summed E-state index contributed by atoms with van der Waals surface area (Å²) in [6.45, 7) is 8.44. The molecule has 2 unspecified atom stereocenters. The molecule has 10 heteroatoms. The molecule has 0 amide bonds. The topological polar surface area (TPSA) is 83.0 Å². The molecule has 0 bridgehead atoms. The summed E-state index contributed by atoms with van der Waals surface area (Å²) in [5.74, 6) is 0.850. The lowest BCUT2D eigenvalue weighted by Gasteiger charge is -2.34. The zero-order chi connectivity index (χ0) is 21.3. The maximum Gasteiger partial charge on any atom is 0.191 e. The highest BCUT2D eigenvalue weighted by Gasteiger charge is 2.23. The fourth-order valence-corrected chi connectivity index (χ4v) is 4.11. The average molecular weight is 573 g/mol. The van der Waals surface area contributed by atoms with Gasteiger partial charge in [0, 0.05) is 37.0 Å². The minimum Gasteiger partial charge on any atom is -0.379 e. The molecule has 7 nitrogen and oxygen atoms in total. The van der Waals surface area contributed by atoms with E-state index in [-0.39, 0.29) is 41.8 Å². The number of rotatable bonds is 9. The summed E-state index contributed by atoms with van der Waals surface area (Å²) in [6.07, 6.45) is 1.80. The van der Waals surface area contributed by atoms with Gasteiger partial charge in [-0.3, -0.25) is 9.89 Å². The average Bonchev–Trinajstić information content (AvgIpc) is 2.68. The van der Waals surface area contributed by atoms with Crippen molar-refractivity contribution in [3.05, 3.63) is 34.9 Å². The van der Waals surface area contributed by atoms with Crippen molar-refractivity contribution in [2.45, 2.75) is 32.4 Å². The van der Waals surface area contributed by atoms with Crippen LogP contribution in [0.1, 0.15) is 31.9 Å². The quantitative estimate of drug-likeness (QED) is 0.269. The molecule has 1 fully saturated rings. The number of ether oxygens (including phenoxy) is 1. The van der Waals surface area contributed by atoms with E-state index in [4.69, 9.17) is 21.3 Å². The first kappa shape index (κ1) is 27.4. The normalized spacial score (nSPS) is 17.7. The van der Waals surface area contributed by atoms with E-state index in [0.717, 1.165) is 19.6 Å². The van der Waals surface area contributed by atoms with Gasteiger partial charge in [0.15, 0.2) is 5.96 Å². The number of sulfone groups is 1. The van der Waals surface area contributed by atoms with E-state index in [2.05, 4.69) is 15.5 Å². The second kappa shape index (κ2) is 13.7. The molecule has 0 aromatic heterocycles. The fourth-order valence-electron chi connectivity index (χ4n) is 3.20. The molecule has 2 N–H and O–H groups in total. The van der Waals surface area contributed by atoms with Crippen LogP contribution in [-0.2, 0) is 14.6 Å². The van der Waals surface area contributed by atoms with E-state index in [1.54, 1.807) is 0 Å². The number of guanidine groups is 1. The maximum atomic E-state index is 11.4. The Balaban J connectivity index is 0.00000450. The van der Waals surface area contributed by atoms with Crippen LogP contribution in [0.15, 0.2) is 29.3 Å². The molecule has 2 rings (SSSR count). The summed E-state index contributed by atoms with van der Waals surface area (Å²) in [5.41, 5.74) is 1.17. The van der Waals surface area contributed by atoms with Crippen LogP contribution >= 0.6 is 35.6 Å². The smallest absolute Gasteiger partial charge is 0.191 e. The number of nitrogens with one attached hydrogen (secondary N) is 2. The van der Waals surface area contributed by atoms with Crippen molar-refractivity contribution in [2.75, 3.05) is 51.4 Å². The van der Waals surface area contributed by atoms with Gasteiger partial charge in [-0.1, -0.05) is 23.7 Å².